The van der Waals surface area contributed by atoms with E-state index >= 15 is 0 Å². The van der Waals surface area contributed by atoms with Gasteiger partial charge in [-0.2, -0.15) is 13.2 Å². The normalized spacial score (nSPS) is 13.0. The highest BCUT2D eigenvalue weighted by Crippen LogP contribution is 2.34. The lowest BCUT2D eigenvalue weighted by Gasteiger charge is -2.17. The molecule has 1 atom stereocenters. The summed E-state index contributed by atoms with van der Waals surface area (Å²) in [4.78, 5) is 0. The summed E-state index contributed by atoms with van der Waals surface area (Å²) in [5, 5.41) is 12.4. The van der Waals surface area contributed by atoms with Crippen LogP contribution in [0.1, 0.15) is 17.2 Å². The van der Waals surface area contributed by atoms with E-state index in [9.17, 15) is 22.7 Å². The third-order valence-electron chi connectivity index (χ3n) is 2.95. The first-order chi connectivity index (χ1) is 9.88. The molecule has 0 heterocycles. The minimum atomic E-state index is -4.48. The van der Waals surface area contributed by atoms with Crippen molar-refractivity contribution in [3.63, 3.8) is 0 Å². The minimum Gasteiger partial charge on any atom is -0.387 e. The zero-order valence-electron chi connectivity index (χ0n) is 10.9. The van der Waals surface area contributed by atoms with Crippen molar-refractivity contribution in [1.82, 2.24) is 0 Å². The van der Waals surface area contributed by atoms with Crippen LogP contribution in [0.4, 0.5) is 23.2 Å². The Morgan fingerprint density at radius 3 is 2.43 bits per heavy atom. The van der Waals surface area contributed by atoms with Gasteiger partial charge in [-0.1, -0.05) is 24.3 Å². The topological polar surface area (TPSA) is 32.3 Å². The number of para-hydroxylation sites is 1. The summed E-state index contributed by atoms with van der Waals surface area (Å²) in [6.07, 6.45) is -5.59. The standard InChI is InChI=1S/C15H13F4NO/c16-11-5-3-4-10(8-11)14(21)9-20-13-7-2-1-6-12(13)15(17,18)19/h1-8,14,20-21H,9H2. The molecule has 2 N–H and O–H groups in total. The third-order valence-corrected chi connectivity index (χ3v) is 2.95. The number of rotatable bonds is 4. The first kappa shape index (κ1) is 15.3. The second-order valence-electron chi connectivity index (χ2n) is 4.50. The Balaban J connectivity index is 2.10. The van der Waals surface area contributed by atoms with Gasteiger partial charge in [-0.25, -0.2) is 4.39 Å². The lowest BCUT2D eigenvalue weighted by atomic mass is 10.1. The molecule has 0 aliphatic rings. The molecule has 0 amide bonds. The van der Waals surface area contributed by atoms with Crippen molar-refractivity contribution in [2.45, 2.75) is 12.3 Å². The van der Waals surface area contributed by atoms with Crippen molar-refractivity contribution in [3.8, 4) is 0 Å². The Morgan fingerprint density at radius 2 is 1.76 bits per heavy atom. The third kappa shape index (κ3) is 3.95. The van der Waals surface area contributed by atoms with Crippen molar-refractivity contribution < 1.29 is 22.7 Å². The van der Waals surface area contributed by atoms with Crippen LogP contribution >= 0.6 is 0 Å². The monoisotopic (exact) mass is 299 g/mol. The number of aliphatic hydroxyl groups excluding tert-OH is 1. The lowest BCUT2D eigenvalue weighted by molar-refractivity contribution is -0.137. The summed E-state index contributed by atoms with van der Waals surface area (Å²) >= 11 is 0. The van der Waals surface area contributed by atoms with Crippen LogP contribution < -0.4 is 5.32 Å². The van der Waals surface area contributed by atoms with Crippen LogP contribution in [0.3, 0.4) is 0 Å². The van der Waals surface area contributed by atoms with E-state index in [1.807, 2.05) is 0 Å². The maximum Gasteiger partial charge on any atom is 0.418 e. The predicted molar refractivity (Wildman–Crippen MR) is 71.3 cm³/mol. The molecule has 0 aromatic heterocycles. The molecule has 6 heteroatoms. The molecule has 2 nitrogen and oxygen atoms in total. The Labute approximate surface area is 119 Å². The molecular formula is C15H13F4NO. The van der Waals surface area contributed by atoms with Crippen molar-refractivity contribution in [1.29, 1.82) is 0 Å². The minimum absolute atomic E-state index is 0.125. The van der Waals surface area contributed by atoms with Gasteiger partial charge in [0.15, 0.2) is 0 Å². The van der Waals surface area contributed by atoms with Gasteiger partial charge in [0, 0.05) is 12.2 Å². The molecule has 0 aliphatic carbocycles. The first-order valence-corrected chi connectivity index (χ1v) is 6.21. The van der Waals surface area contributed by atoms with E-state index in [0.717, 1.165) is 12.1 Å². The molecule has 21 heavy (non-hydrogen) atoms. The largest absolute Gasteiger partial charge is 0.418 e. The SMILES string of the molecule is OC(CNc1ccccc1C(F)(F)F)c1cccc(F)c1. The average Bonchev–Trinajstić information content (AvgIpc) is 2.44. The van der Waals surface area contributed by atoms with E-state index < -0.39 is 23.7 Å². The van der Waals surface area contributed by atoms with Crippen LogP contribution in [0.5, 0.6) is 0 Å². The average molecular weight is 299 g/mol. The van der Waals surface area contributed by atoms with E-state index in [4.69, 9.17) is 0 Å². The molecule has 2 rings (SSSR count). The molecule has 0 radical (unpaired) electrons. The quantitative estimate of drug-likeness (QED) is 0.837. The molecule has 0 aliphatic heterocycles. The molecule has 0 spiro atoms. The Bertz CT molecular complexity index is 613. The zero-order valence-corrected chi connectivity index (χ0v) is 10.9. The number of benzene rings is 2. The second-order valence-corrected chi connectivity index (χ2v) is 4.50. The van der Waals surface area contributed by atoms with Gasteiger partial charge in [0.25, 0.3) is 0 Å². The summed E-state index contributed by atoms with van der Waals surface area (Å²) in [7, 11) is 0. The molecule has 0 saturated heterocycles. The number of nitrogens with one attached hydrogen (secondary N) is 1. The van der Waals surface area contributed by atoms with E-state index in [1.54, 1.807) is 0 Å². The molecule has 112 valence electrons. The molecule has 0 saturated carbocycles. The van der Waals surface area contributed by atoms with Gasteiger partial charge in [-0.05, 0) is 29.8 Å². The molecule has 2 aromatic carbocycles. The maximum atomic E-state index is 13.0. The molecule has 1 unspecified atom stereocenters. The fourth-order valence-corrected chi connectivity index (χ4v) is 1.92. The highest BCUT2D eigenvalue weighted by Gasteiger charge is 2.33. The van der Waals surface area contributed by atoms with Crippen LogP contribution in [0.2, 0.25) is 0 Å². The van der Waals surface area contributed by atoms with Gasteiger partial charge in [-0.15, -0.1) is 0 Å². The van der Waals surface area contributed by atoms with Crippen LogP contribution in [0.15, 0.2) is 48.5 Å². The van der Waals surface area contributed by atoms with Crippen LogP contribution in [-0.4, -0.2) is 11.7 Å². The fourth-order valence-electron chi connectivity index (χ4n) is 1.92. The maximum absolute atomic E-state index is 13.0. The summed E-state index contributed by atoms with van der Waals surface area (Å²) in [6.45, 7) is -0.156. The number of alkyl halides is 3. The first-order valence-electron chi connectivity index (χ1n) is 6.21. The van der Waals surface area contributed by atoms with Gasteiger partial charge in [0.2, 0.25) is 0 Å². The van der Waals surface area contributed by atoms with E-state index in [-0.39, 0.29) is 12.2 Å². The summed E-state index contributed by atoms with van der Waals surface area (Å²) < 4.78 is 51.4. The lowest BCUT2D eigenvalue weighted by Crippen LogP contribution is -2.16. The van der Waals surface area contributed by atoms with E-state index in [0.29, 0.717) is 5.56 Å². The highest BCUT2D eigenvalue weighted by molar-refractivity contribution is 5.52. The summed E-state index contributed by atoms with van der Waals surface area (Å²) in [5.74, 6) is -0.512. The summed E-state index contributed by atoms with van der Waals surface area (Å²) in [5.41, 5.74) is -0.635. The zero-order chi connectivity index (χ0) is 15.5. The van der Waals surface area contributed by atoms with E-state index in [1.165, 1.54) is 36.4 Å². The smallest absolute Gasteiger partial charge is 0.387 e. The van der Waals surface area contributed by atoms with Crippen molar-refractivity contribution >= 4 is 5.69 Å². The number of aliphatic hydroxyl groups is 1. The second kappa shape index (κ2) is 6.13. The number of anilines is 1. The molecule has 2 aromatic rings. The number of hydrogen-bond acceptors (Lipinski definition) is 2. The molecule has 0 fully saturated rings. The Hall–Kier alpha value is -2.08. The van der Waals surface area contributed by atoms with Crippen molar-refractivity contribution in [2.24, 2.45) is 0 Å². The molecule has 0 bridgehead atoms. The number of halogens is 4. The predicted octanol–water partition coefficient (Wildman–Crippen LogP) is 3.99. The Kier molecular flexibility index (Phi) is 4.47. The van der Waals surface area contributed by atoms with Gasteiger partial charge in [0.05, 0.1) is 11.7 Å². The van der Waals surface area contributed by atoms with Gasteiger partial charge >= 0.3 is 6.18 Å². The molecular weight excluding hydrogens is 286 g/mol. The Morgan fingerprint density at radius 1 is 1.05 bits per heavy atom. The van der Waals surface area contributed by atoms with Gasteiger partial charge < -0.3 is 10.4 Å². The fraction of sp³-hybridized carbons (Fsp3) is 0.200. The van der Waals surface area contributed by atoms with Crippen LogP contribution in [0, 0.1) is 5.82 Å². The van der Waals surface area contributed by atoms with Gasteiger partial charge in [-0.3, -0.25) is 0 Å². The van der Waals surface area contributed by atoms with Crippen LogP contribution in [0.25, 0.3) is 0 Å². The van der Waals surface area contributed by atoms with Crippen molar-refractivity contribution in [2.75, 3.05) is 11.9 Å². The number of hydrogen-bond donors (Lipinski definition) is 2. The van der Waals surface area contributed by atoms with Crippen molar-refractivity contribution in [3.05, 3.63) is 65.5 Å². The summed E-state index contributed by atoms with van der Waals surface area (Å²) in [6, 6.07) is 10.3. The highest BCUT2D eigenvalue weighted by atomic mass is 19.4. The van der Waals surface area contributed by atoms with Crippen LogP contribution in [-0.2, 0) is 6.18 Å². The van der Waals surface area contributed by atoms with E-state index in [2.05, 4.69) is 5.32 Å². The van der Waals surface area contributed by atoms with Gasteiger partial charge in [0.1, 0.15) is 5.82 Å².